The number of benzene rings is 1. The van der Waals surface area contributed by atoms with Crippen LogP contribution in [-0.4, -0.2) is 27.5 Å². The summed E-state index contributed by atoms with van der Waals surface area (Å²) in [5.74, 6) is -1.20. The minimum absolute atomic E-state index is 0.0329. The van der Waals surface area contributed by atoms with Gasteiger partial charge in [-0.25, -0.2) is 17.9 Å². The molecule has 0 fully saturated rings. The van der Waals surface area contributed by atoms with E-state index in [1.807, 2.05) is 0 Å². The van der Waals surface area contributed by atoms with Crippen molar-refractivity contribution in [2.45, 2.75) is 18.2 Å². The van der Waals surface area contributed by atoms with Gasteiger partial charge in [0.1, 0.15) is 5.82 Å². The van der Waals surface area contributed by atoms with Gasteiger partial charge in [0, 0.05) is 12.3 Å². The molecule has 0 aliphatic rings. The monoisotopic (exact) mass is 290 g/mol. The van der Waals surface area contributed by atoms with E-state index in [2.05, 4.69) is 5.32 Å². The minimum atomic E-state index is -4.02. The number of carbonyl (C=O) groups is 1. The van der Waals surface area contributed by atoms with E-state index in [-0.39, 0.29) is 18.7 Å². The van der Waals surface area contributed by atoms with Gasteiger partial charge in [-0.05, 0) is 25.1 Å². The van der Waals surface area contributed by atoms with Crippen LogP contribution in [0.15, 0.2) is 23.1 Å². The molecule has 1 aromatic carbocycles. The lowest BCUT2D eigenvalue weighted by Crippen LogP contribution is -2.16. The molecule has 0 saturated carbocycles. The van der Waals surface area contributed by atoms with Crippen molar-refractivity contribution in [3.8, 4) is 0 Å². The molecule has 0 radical (unpaired) electrons. The van der Waals surface area contributed by atoms with Crippen molar-refractivity contribution in [3.05, 3.63) is 24.0 Å². The molecule has 3 N–H and O–H groups in total. The van der Waals surface area contributed by atoms with E-state index in [1.165, 1.54) is 0 Å². The van der Waals surface area contributed by atoms with Crippen LogP contribution < -0.4 is 10.5 Å². The first-order chi connectivity index (χ1) is 8.82. The molecule has 0 bridgehead atoms. The summed E-state index contributed by atoms with van der Waals surface area (Å²) in [6.07, 6.45) is 0.0923. The van der Waals surface area contributed by atoms with Crippen LogP contribution in [0, 0.1) is 5.82 Å². The standard InChI is InChI=1S/C11H15FN2O4S/c1-2-18-4-3-11(15)14-9-5-8(12)6-10(7-9)19(13,16)17/h5-7H,2-4H2,1H3,(H,14,15)(H2,13,16,17). The Kier molecular flexibility index (Phi) is 5.40. The first-order valence-electron chi connectivity index (χ1n) is 5.54. The van der Waals surface area contributed by atoms with Gasteiger partial charge in [0.2, 0.25) is 15.9 Å². The third kappa shape index (κ3) is 5.33. The van der Waals surface area contributed by atoms with E-state index in [9.17, 15) is 17.6 Å². The summed E-state index contributed by atoms with van der Waals surface area (Å²) in [6, 6.07) is 2.88. The second kappa shape index (κ2) is 6.60. The molecule has 0 saturated heterocycles. The fraction of sp³-hybridized carbons (Fsp3) is 0.364. The number of hydrogen-bond donors (Lipinski definition) is 2. The van der Waals surface area contributed by atoms with E-state index < -0.39 is 26.6 Å². The zero-order valence-corrected chi connectivity index (χ0v) is 11.2. The Morgan fingerprint density at radius 1 is 1.42 bits per heavy atom. The first-order valence-corrected chi connectivity index (χ1v) is 7.08. The first kappa shape index (κ1) is 15.5. The van der Waals surface area contributed by atoms with Crippen molar-refractivity contribution in [2.75, 3.05) is 18.5 Å². The van der Waals surface area contributed by atoms with Crippen LogP contribution in [0.1, 0.15) is 13.3 Å². The highest BCUT2D eigenvalue weighted by Crippen LogP contribution is 2.17. The van der Waals surface area contributed by atoms with E-state index in [4.69, 9.17) is 9.88 Å². The summed E-state index contributed by atoms with van der Waals surface area (Å²) in [6.45, 7) is 2.52. The molecule has 1 rings (SSSR count). The Morgan fingerprint density at radius 3 is 2.68 bits per heavy atom. The summed E-state index contributed by atoms with van der Waals surface area (Å²) in [4.78, 5) is 11.1. The molecule has 8 heteroatoms. The zero-order chi connectivity index (χ0) is 14.5. The smallest absolute Gasteiger partial charge is 0.238 e. The van der Waals surface area contributed by atoms with E-state index in [0.29, 0.717) is 6.61 Å². The van der Waals surface area contributed by atoms with Crippen molar-refractivity contribution in [2.24, 2.45) is 5.14 Å². The average Bonchev–Trinajstić information content (AvgIpc) is 2.27. The molecule has 0 aromatic heterocycles. The number of amides is 1. The second-order valence-corrected chi connectivity index (χ2v) is 5.28. The third-order valence-corrected chi connectivity index (χ3v) is 3.05. The van der Waals surface area contributed by atoms with Gasteiger partial charge in [0.15, 0.2) is 0 Å². The number of nitrogens with one attached hydrogen (secondary N) is 1. The molecule has 0 aliphatic carbocycles. The van der Waals surface area contributed by atoms with E-state index in [1.54, 1.807) is 6.92 Å². The van der Waals surface area contributed by atoms with Crippen LogP contribution in [-0.2, 0) is 19.6 Å². The van der Waals surface area contributed by atoms with E-state index in [0.717, 1.165) is 18.2 Å². The fourth-order valence-corrected chi connectivity index (χ4v) is 1.90. The highest BCUT2D eigenvalue weighted by molar-refractivity contribution is 7.89. The number of ether oxygens (including phenoxy) is 1. The summed E-state index contributed by atoms with van der Waals surface area (Å²) in [5.41, 5.74) is 0.0329. The van der Waals surface area contributed by atoms with Crippen molar-refractivity contribution < 1.29 is 22.3 Å². The number of rotatable bonds is 6. The highest BCUT2D eigenvalue weighted by Gasteiger charge is 2.12. The van der Waals surface area contributed by atoms with Crippen LogP contribution in [0.2, 0.25) is 0 Å². The Balaban J connectivity index is 2.79. The summed E-state index contributed by atoms with van der Waals surface area (Å²) < 4.78 is 40.4. The second-order valence-electron chi connectivity index (χ2n) is 3.72. The Hall–Kier alpha value is -1.51. The average molecular weight is 290 g/mol. The van der Waals surface area contributed by atoms with Crippen LogP contribution in [0.5, 0.6) is 0 Å². The lowest BCUT2D eigenvalue weighted by molar-refractivity contribution is -0.117. The number of nitrogens with two attached hydrogens (primary N) is 1. The third-order valence-electron chi connectivity index (χ3n) is 2.16. The lowest BCUT2D eigenvalue weighted by Gasteiger charge is -2.07. The van der Waals surface area contributed by atoms with Gasteiger partial charge in [-0.3, -0.25) is 4.79 Å². The van der Waals surface area contributed by atoms with Crippen molar-refractivity contribution in [1.29, 1.82) is 0 Å². The molecular weight excluding hydrogens is 275 g/mol. The molecule has 0 spiro atoms. The lowest BCUT2D eigenvalue weighted by atomic mass is 10.3. The van der Waals surface area contributed by atoms with Gasteiger partial charge in [0.05, 0.1) is 17.9 Å². The molecule has 1 amide bonds. The molecular formula is C11H15FN2O4S. The number of sulfonamides is 1. The predicted molar refractivity (Wildman–Crippen MR) is 67.5 cm³/mol. The molecule has 0 heterocycles. The summed E-state index contributed by atoms with van der Waals surface area (Å²) >= 11 is 0. The van der Waals surface area contributed by atoms with Crippen LogP contribution in [0.25, 0.3) is 0 Å². The predicted octanol–water partition coefficient (Wildman–Crippen LogP) is 0.838. The van der Waals surface area contributed by atoms with Gasteiger partial charge in [0.25, 0.3) is 0 Å². The van der Waals surface area contributed by atoms with Gasteiger partial charge in [-0.1, -0.05) is 0 Å². The van der Waals surface area contributed by atoms with Crippen molar-refractivity contribution >= 4 is 21.6 Å². The molecule has 6 nitrogen and oxygen atoms in total. The molecule has 19 heavy (non-hydrogen) atoms. The number of carbonyl (C=O) groups excluding carboxylic acids is 1. The van der Waals surface area contributed by atoms with E-state index >= 15 is 0 Å². The van der Waals surface area contributed by atoms with Gasteiger partial charge in [-0.2, -0.15) is 0 Å². The Labute approximate surface area is 110 Å². The maximum atomic E-state index is 13.2. The zero-order valence-electron chi connectivity index (χ0n) is 10.3. The van der Waals surface area contributed by atoms with Crippen LogP contribution in [0.3, 0.4) is 0 Å². The maximum absolute atomic E-state index is 13.2. The Bertz CT molecular complexity index is 560. The summed E-state index contributed by atoms with van der Waals surface area (Å²) in [7, 11) is -4.02. The SMILES string of the molecule is CCOCCC(=O)Nc1cc(F)cc(S(N)(=O)=O)c1. The van der Waals surface area contributed by atoms with Crippen molar-refractivity contribution in [3.63, 3.8) is 0 Å². The number of primary sulfonamides is 1. The van der Waals surface area contributed by atoms with Gasteiger partial charge in [-0.15, -0.1) is 0 Å². The largest absolute Gasteiger partial charge is 0.381 e. The molecule has 1 aromatic rings. The van der Waals surface area contributed by atoms with Gasteiger partial charge >= 0.3 is 0 Å². The van der Waals surface area contributed by atoms with Gasteiger partial charge < -0.3 is 10.1 Å². The Morgan fingerprint density at radius 2 is 2.11 bits per heavy atom. The molecule has 0 atom stereocenters. The number of hydrogen-bond acceptors (Lipinski definition) is 4. The normalized spacial score (nSPS) is 11.3. The number of halogens is 1. The molecule has 106 valence electrons. The topological polar surface area (TPSA) is 98.5 Å². The fourth-order valence-electron chi connectivity index (χ4n) is 1.33. The van der Waals surface area contributed by atoms with Crippen molar-refractivity contribution in [1.82, 2.24) is 0 Å². The molecule has 0 unspecified atom stereocenters. The quantitative estimate of drug-likeness (QED) is 0.758. The highest BCUT2D eigenvalue weighted by atomic mass is 32.2. The molecule has 0 aliphatic heterocycles. The van der Waals surface area contributed by atoms with Crippen LogP contribution >= 0.6 is 0 Å². The maximum Gasteiger partial charge on any atom is 0.238 e. The minimum Gasteiger partial charge on any atom is -0.381 e. The van der Waals surface area contributed by atoms with Crippen LogP contribution in [0.4, 0.5) is 10.1 Å². The summed E-state index contributed by atoms with van der Waals surface area (Å²) in [5, 5.41) is 7.27. The number of anilines is 1.